The molecule has 6 heteroatoms. The van der Waals surface area contributed by atoms with Crippen LogP contribution in [-0.2, 0) is 11.3 Å². The molecule has 0 aromatic heterocycles. The van der Waals surface area contributed by atoms with Gasteiger partial charge >= 0.3 is 0 Å². The van der Waals surface area contributed by atoms with Crippen molar-refractivity contribution in [2.75, 3.05) is 39.4 Å². The minimum atomic E-state index is 0. The summed E-state index contributed by atoms with van der Waals surface area (Å²) in [5.41, 5.74) is 1.28. The minimum Gasteiger partial charge on any atom is -0.379 e. The monoisotopic (exact) mass is 496 g/mol. The third-order valence-corrected chi connectivity index (χ3v) is 5.13. The number of hydrogen-bond acceptors (Lipinski definition) is 3. The van der Waals surface area contributed by atoms with Crippen LogP contribution in [0.1, 0.15) is 26.3 Å². The Balaban J connectivity index is 0.00000280. The van der Waals surface area contributed by atoms with E-state index in [0.29, 0.717) is 6.54 Å². The van der Waals surface area contributed by atoms with E-state index in [4.69, 9.17) is 9.73 Å². The van der Waals surface area contributed by atoms with E-state index in [1.165, 1.54) is 16.3 Å². The van der Waals surface area contributed by atoms with Crippen LogP contribution in [-0.4, -0.2) is 55.8 Å². The van der Waals surface area contributed by atoms with Crippen LogP contribution in [0.3, 0.4) is 0 Å². The van der Waals surface area contributed by atoms with E-state index in [1.807, 2.05) is 0 Å². The molecule has 1 fully saturated rings. The first-order chi connectivity index (χ1) is 13.1. The lowest BCUT2D eigenvalue weighted by Crippen LogP contribution is -2.56. The molecule has 2 aromatic rings. The van der Waals surface area contributed by atoms with Crippen LogP contribution >= 0.6 is 24.0 Å². The van der Waals surface area contributed by atoms with Gasteiger partial charge in [0.25, 0.3) is 0 Å². The van der Waals surface area contributed by atoms with Crippen LogP contribution < -0.4 is 10.6 Å². The molecule has 2 N–H and O–H groups in total. The fourth-order valence-electron chi connectivity index (χ4n) is 3.43. The standard InChI is InChI=1S/C22H32N4O.HI/c1-4-23-21(25-17-22(2,3)26-11-13-27-14-12-26)24-16-18-9-10-19-7-5-6-8-20(19)15-18;/h5-10,15H,4,11-14,16-17H2,1-3H3,(H2,23,24,25);1H. The van der Waals surface area contributed by atoms with Crippen molar-refractivity contribution in [1.29, 1.82) is 0 Å². The number of benzene rings is 2. The molecular weight excluding hydrogens is 463 g/mol. The van der Waals surface area contributed by atoms with Crippen molar-refractivity contribution in [2.45, 2.75) is 32.9 Å². The molecule has 0 amide bonds. The number of nitrogens with one attached hydrogen (secondary N) is 2. The second-order valence-corrected chi connectivity index (χ2v) is 7.64. The maximum atomic E-state index is 5.48. The van der Waals surface area contributed by atoms with Crippen molar-refractivity contribution in [3.8, 4) is 0 Å². The molecule has 0 spiro atoms. The lowest BCUT2D eigenvalue weighted by atomic mass is 10.0. The molecule has 0 atom stereocenters. The Morgan fingerprint density at radius 1 is 1.07 bits per heavy atom. The van der Waals surface area contributed by atoms with E-state index in [0.717, 1.165) is 45.4 Å². The zero-order valence-electron chi connectivity index (χ0n) is 17.2. The summed E-state index contributed by atoms with van der Waals surface area (Å²) in [5, 5.41) is 9.41. The van der Waals surface area contributed by atoms with Gasteiger partial charge in [-0.15, -0.1) is 24.0 Å². The van der Waals surface area contributed by atoms with Gasteiger partial charge in [0.2, 0.25) is 0 Å². The first-order valence-electron chi connectivity index (χ1n) is 9.91. The smallest absolute Gasteiger partial charge is 0.191 e. The van der Waals surface area contributed by atoms with Crippen molar-refractivity contribution in [1.82, 2.24) is 15.5 Å². The molecule has 2 aromatic carbocycles. The highest BCUT2D eigenvalue weighted by molar-refractivity contribution is 14.0. The summed E-state index contributed by atoms with van der Waals surface area (Å²) in [7, 11) is 0. The Kier molecular flexibility index (Phi) is 8.98. The summed E-state index contributed by atoms with van der Waals surface area (Å²) in [4.78, 5) is 7.27. The van der Waals surface area contributed by atoms with Crippen molar-refractivity contribution >= 4 is 40.7 Å². The van der Waals surface area contributed by atoms with Gasteiger partial charge in [-0.2, -0.15) is 0 Å². The molecule has 0 unspecified atom stereocenters. The van der Waals surface area contributed by atoms with Gasteiger partial charge in [-0.3, -0.25) is 4.90 Å². The largest absolute Gasteiger partial charge is 0.379 e. The van der Waals surface area contributed by atoms with Gasteiger partial charge < -0.3 is 15.4 Å². The van der Waals surface area contributed by atoms with Gasteiger partial charge in [-0.25, -0.2) is 4.99 Å². The lowest BCUT2D eigenvalue weighted by Gasteiger charge is -2.41. The lowest BCUT2D eigenvalue weighted by molar-refractivity contribution is -0.00834. The van der Waals surface area contributed by atoms with Gasteiger partial charge in [-0.05, 0) is 43.2 Å². The number of rotatable bonds is 6. The van der Waals surface area contributed by atoms with Crippen LogP contribution in [0.25, 0.3) is 10.8 Å². The van der Waals surface area contributed by atoms with Gasteiger partial charge in [0.1, 0.15) is 0 Å². The Bertz CT molecular complexity index is 772. The summed E-state index contributed by atoms with van der Waals surface area (Å²) >= 11 is 0. The quantitative estimate of drug-likeness (QED) is 0.365. The SMILES string of the molecule is CCNC(=NCc1ccc2ccccc2c1)NCC(C)(C)N1CCOCC1.I. The highest BCUT2D eigenvalue weighted by Gasteiger charge is 2.28. The topological polar surface area (TPSA) is 48.9 Å². The number of halogens is 1. The highest BCUT2D eigenvalue weighted by Crippen LogP contribution is 2.17. The molecule has 0 bridgehead atoms. The average molecular weight is 496 g/mol. The molecule has 1 saturated heterocycles. The number of morpholine rings is 1. The normalized spacial score (nSPS) is 15.9. The molecule has 0 aliphatic carbocycles. The van der Waals surface area contributed by atoms with Crippen LogP contribution in [0.2, 0.25) is 0 Å². The van der Waals surface area contributed by atoms with Crippen molar-refractivity contribution in [3.05, 3.63) is 48.0 Å². The molecule has 154 valence electrons. The van der Waals surface area contributed by atoms with Gasteiger partial charge in [0.15, 0.2) is 5.96 Å². The summed E-state index contributed by atoms with van der Waals surface area (Å²) in [6.45, 7) is 12.6. The highest BCUT2D eigenvalue weighted by atomic mass is 127. The van der Waals surface area contributed by atoms with Crippen LogP contribution in [0.15, 0.2) is 47.5 Å². The first kappa shape index (κ1) is 22.9. The third kappa shape index (κ3) is 6.32. The molecule has 1 aliphatic rings. The van der Waals surface area contributed by atoms with E-state index in [-0.39, 0.29) is 29.5 Å². The van der Waals surface area contributed by atoms with E-state index in [9.17, 15) is 0 Å². The fraction of sp³-hybridized carbons (Fsp3) is 0.500. The van der Waals surface area contributed by atoms with Crippen LogP contribution in [0.5, 0.6) is 0 Å². The van der Waals surface area contributed by atoms with E-state index < -0.39 is 0 Å². The maximum Gasteiger partial charge on any atom is 0.191 e. The Labute approximate surface area is 185 Å². The Hall–Kier alpha value is -1.38. The molecule has 28 heavy (non-hydrogen) atoms. The van der Waals surface area contributed by atoms with E-state index in [1.54, 1.807) is 0 Å². The number of fused-ring (bicyclic) bond motifs is 1. The molecule has 0 radical (unpaired) electrons. The van der Waals surface area contributed by atoms with Crippen LogP contribution in [0.4, 0.5) is 0 Å². The summed E-state index contributed by atoms with van der Waals surface area (Å²) < 4.78 is 5.48. The second kappa shape index (κ2) is 11.0. The number of aliphatic imine (C=N–C) groups is 1. The first-order valence-corrected chi connectivity index (χ1v) is 9.91. The van der Waals surface area contributed by atoms with Crippen molar-refractivity contribution in [2.24, 2.45) is 4.99 Å². The maximum absolute atomic E-state index is 5.48. The molecule has 1 aliphatic heterocycles. The second-order valence-electron chi connectivity index (χ2n) is 7.64. The summed E-state index contributed by atoms with van der Waals surface area (Å²) in [6.07, 6.45) is 0. The summed E-state index contributed by atoms with van der Waals surface area (Å²) in [5.74, 6) is 0.868. The van der Waals surface area contributed by atoms with Crippen molar-refractivity contribution in [3.63, 3.8) is 0 Å². The zero-order chi connectivity index (χ0) is 19.1. The van der Waals surface area contributed by atoms with E-state index in [2.05, 4.69) is 78.8 Å². The van der Waals surface area contributed by atoms with Gasteiger partial charge in [-0.1, -0.05) is 36.4 Å². The number of nitrogens with zero attached hydrogens (tertiary/aromatic N) is 2. The van der Waals surface area contributed by atoms with Gasteiger partial charge in [0.05, 0.1) is 19.8 Å². The molecule has 5 nitrogen and oxygen atoms in total. The average Bonchev–Trinajstić information content (AvgIpc) is 2.70. The van der Waals surface area contributed by atoms with E-state index >= 15 is 0 Å². The van der Waals surface area contributed by atoms with Crippen LogP contribution in [0, 0.1) is 0 Å². The zero-order valence-corrected chi connectivity index (χ0v) is 19.5. The fourth-order valence-corrected chi connectivity index (χ4v) is 3.43. The summed E-state index contributed by atoms with van der Waals surface area (Å²) in [6, 6.07) is 15.0. The number of hydrogen-bond donors (Lipinski definition) is 2. The third-order valence-electron chi connectivity index (χ3n) is 5.13. The van der Waals surface area contributed by atoms with Gasteiger partial charge in [0, 0.05) is 31.7 Å². The predicted molar refractivity (Wildman–Crippen MR) is 129 cm³/mol. The number of guanidine groups is 1. The molecule has 0 saturated carbocycles. The van der Waals surface area contributed by atoms with Crippen molar-refractivity contribution < 1.29 is 4.74 Å². The molecule has 1 heterocycles. The molecular formula is C22H33IN4O. The number of ether oxygens (including phenoxy) is 1. The minimum absolute atomic E-state index is 0. The molecule has 3 rings (SSSR count). The Morgan fingerprint density at radius 2 is 1.79 bits per heavy atom. The predicted octanol–water partition coefficient (Wildman–Crippen LogP) is 3.62. The Morgan fingerprint density at radius 3 is 2.50 bits per heavy atom.